The highest BCUT2D eigenvalue weighted by atomic mass is 19.4. The maximum atomic E-state index is 12.9. The SMILES string of the molecule is CC1=C(C#N)C(=O)N(C)C(=O)/C1=C/c1ccc(-c2cccc(C(F)(F)F)c2)o1. The Kier molecular flexibility index (Phi) is 4.69. The van der Waals surface area contributed by atoms with E-state index in [0.29, 0.717) is 0 Å². The number of furan rings is 1. The summed E-state index contributed by atoms with van der Waals surface area (Å²) in [5, 5.41) is 9.16. The van der Waals surface area contributed by atoms with Gasteiger partial charge in [-0.1, -0.05) is 12.1 Å². The van der Waals surface area contributed by atoms with Crippen LogP contribution in [0.4, 0.5) is 13.2 Å². The van der Waals surface area contributed by atoms with Gasteiger partial charge in [-0.05, 0) is 42.8 Å². The van der Waals surface area contributed by atoms with Gasteiger partial charge in [-0.25, -0.2) is 0 Å². The van der Waals surface area contributed by atoms with Gasteiger partial charge in [-0.2, -0.15) is 18.4 Å². The standard InChI is InChI=1S/C20H13F3N2O3/c1-11-15(18(26)25(2)19(27)16(11)10-24)9-14-6-7-17(28-14)12-4-3-5-13(8-12)20(21,22)23/h3-9H,1-2H3/b15-9+. The third kappa shape index (κ3) is 3.34. The molecule has 0 bridgehead atoms. The molecule has 5 nitrogen and oxygen atoms in total. The number of rotatable bonds is 2. The average molecular weight is 386 g/mol. The number of amides is 2. The highest BCUT2D eigenvalue weighted by Gasteiger charge is 2.33. The lowest BCUT2D eigenvalue weighted by Gasteiger charge is -2.23. The monoisotopic (exact) mass is 386 g/mol. The lowest BCUT2D eigenvalue weighted by atomic mass is 9.95. The number of likely N-dealkylation sites (N-methyl/N-ethyl adjacent to an activating group) is 1. The maximum absolute atomic E-state index is 12.9. The lowest BCUT2D eigenvalue weighted by Crippen LogP contribution is -2.39. The molecule has 0 aliphatic carbocycles. The van der Waals surface area contributed by atoms with Gasteiger partial charge in [-0.3, -0.25) is 14.5 Å². The molecular formula is C20H13F3N2O3. The lowest BCUT2D eigenvalue weighted by molar-refractivity contribution is -0.139. The zero-order valence-corrected chi connectivity index (χ0v) is 14.8. The van der Waals surface area contributed by atoms with Crippen LogP contribution >= 0.6 is 0 Å². The highest BCUT2D eigenvalue weighted by molar-refractivity contribution is 6.19. The van der Waals surface area contributed by atoms with Crippen molar-refractivity contribution in [2.45, 2.75) is 13.1 Å². The fourth-order valence-electron chi connectivity index (χ4n) is 2.77. The second-order valence-corrected chi connectivity index (χ2v) is 6.12. The molecule has 2 amide bonds. The van der Waals surface area contributed by atoms with Crippen LogP contribution in [0.15, 0.2) is 57.5 Å². The molecule has 142 valence electrons. The fourth-order valence-corrected chi connectivity index (χ4v) is 2.77. The van der Waals surface area contributed by atoms with Gasteiger partial charge >= 0.3 is 6.18 Å². The number of benzene rings is 1. The quantitative estimate of drug-likeness (QED) is 0.573. The number of carbonyl (C=O) groups is 2. The predicted molar refractivity (Wildman–Crippen MR) is 93.2 cm³/mol. The molecule has 0 saturated carbocycles. The van der Waals surface area contributed by atoms with Gasteiger partial charge in [0.2, 0.25) is 0 Å². The number of hydrogen-bond donors (Lipinski definition) is 0. The van der Waals surface area contributed by atoms with Crippen molar-refractivity contribution in [3.63, 3.8) is 0 Å². The summed E-state index contributed by atoms with van der Waals surface area (Å²) in [5.41, 5.74) is -0.415. The van der Waals surface area contributed by atoms with Gasteiger partial charge in [0.25, 0.3) is 11.8 Å². The van der Waals surface area contributed by atoms with Crippen molar-refractivity contribution in [2.75, 3.05) is 7.05 Å². The summed E-state index contributed by atoms with van der Waals surface area (Å²) in [6, 6.07) is 9.42. The van der Waals surface area contributed by atoms with Crippen LogP contribution in [0.2, 0.25) is 0 Å². The van der Waals surface area contributed by atoms with Crippen LogP contribution < -0.4 is 0 Å². The second-order valence-electron chi connectivity index (χ2n) is 6.12. The van der Waals surface area contributed by atoms with Gasteiger partial charge in [0, 0.05) is 18.2 Å². The van der Waals surface area contributed by atoms with Crippen LogP contribution in [0.25, 0.3) is 17.4 Å². The number of nitrogens with zero attached hydrogens (tertiary/aromatic N) is 2. The Bertz CT molecular complexity index is 1080. The molecular weight excluding hydrogens is 373 g/mol. The van der Waals surface area contributed by atoms with Gasteiger partial charge in [0.15, 0.2) is 0 Å². The molecule has 0 saturated heterocycles. The molecule has 28 heavy (non-hydrogen) atoms. The van der Waals surface area contributed by atoms with Crippen molar-refractivity contribution in [1.82, 2.24) is 4.90 Å². The molecule has 0 fully saturated rings. The average Bonchev–Trinajstić information content (AvgIpc) is 3.12. The number of nitriles is 1. The summed E-state index contributed by atoms with van der Waals surface area (Å²) in [7, 11) is 1.26. The summed E-state index contributed by atoms with van der Waals surface area (Å²) in [6.45, 7) is 1.48. The van der Waals surface area contributed by atoms with Crippen LogP contribution in [0, 0.1) is 11.3 Å². The van der Waals surface area contributed by atoms with Crippen LogP contribution in [0.5, 0.6) is 0 Å². The van der Waals surface area contributed by atoms with E-state index < -0.39 is 23.6 Å². The zero-order valence-electron chi connectivity index (χ0n) is 14.8. The summed E-state index contributed by atoms with van der Waals surface area (Å²) < 4.78 is 44.2. The Morgan fingerprint density at radius 1 is 1.14 bits per heavy atom. The molecule has 0 radical (unpaired) electrons. The minimum absolute atomic E-state index is 0.101. The Labute approximate surface area is 158 Å². The van der Waals surface area contributed by atoms with Gasteiger partial charge in [-0.15, -0.1) is 0 Å². The third-order valence-electron chi connectivity index (χ3n) is 4.33. The number of alkyl halides is 3. The van der Waals surface area contributed by atoms with Crippen LogP contribution in [-0.4, -0.2) is 23.8 Å². The fraction of sp³-hybridized carbons (Fsp3) is 0.150. The van der Waals surface area contributed by atoms with Crippen molar-refractivity contribution in [1.29, 1.82) is 5.26 Å². The number of halogens is 3. The first-order valence-electron chi connectivity index (χ1n) is 8.06. The molecule has 0 unspecified atom stereocenters. The van der Waals surface area contributed by atoms with Crippen molar-refractivity contribution in [3.05, 3.63) is 64.4 Å². The number of carbonyl (C=O) groups excluding carboxylic acids is 2. The predicted octanol–water partition coefficient (Wildman–Crippen LogP) is 4.19. The van der Waals surface area contributed by atoms with Gasteiger partial charge < -0.3 is 4.42 Å². The van der Waals surface area contributed by atoms with Gasteiger partial charge in [0.05, 0.1) is 5.56 Å². The minimum Gasteiger partial charge on any atom is -0.457 e. The molecule has 2 heterocycles. The van der Waals surface area contributed by atoms with E-state index in [0.717, 1.165) is 17.0 Å². The van der Waals surface area contributed by atoms with E-state index in [9.17, 15) is 22.8 Å². The van der Waals surface area contributed by atoms with E-state index in [1.165, 1.54) is 44.3 Å². The molecule has 1 aliphatic heterocycles. The summed E-state index contributed by atoms with van der Waals surface area (Å²) in [4.78, 5) is 25.2. The van der Waals surface area contributed by atoms with E-state index in [4.69, 9.17) is 9.68 Å². The first-order valence-corrected chi connectivity index (χ1v) is 8.06. The number of hydrogen-bond acceptors (Lipinski definition) is 4. The molecule has 1 aromatic heterocycles. The molecule has 0 spiro atoms. The largest absolute Gasteiger partial charge is 0.457 e. The second kappa shape index (κ2) is 6.85. The smallest absolute Gasteiger partial charge is 0.416 e. The summed E-state index contributed by atoms with van der Waals surface area (Å²) >= 11 is 0. The Hall–Kier alpha value is -3.60. The third-order valence-corrected chi connectivity index (χ3v) is 4.33. The van der Waals surface area contributed by atoms with Crippen molar-refractivity contribution in [3.8, 4) is 17.4 Å². The first kappa shape index (κ1) is 19.2. The normalized spacial score (nSPS) is 16.7. The van der Waals surface area contributed by atoms with Crippen LogP contribution in [0.3, 0.4) is 0 Å². The van der Waals surface area contributed by atoms with Crippen LogP contribution in [-0.2, 0) is 15.8 Å². The van der Waals surface area contributed by atoms with Crippen LogP contribution in [0.1, 0.15) is 18.2 Å². The van der Waals surface area contributed by atoms with Gasteiger partial charge in [0.1, 0.15) is 23.2 Å². The molecule has 8 heteroatoms. The highest BCUT2D eigenvalue weighted by Crippen LogP contribution is 2.33. The Balaban J connectivity index is 2.01. The minimum atomic E-state index is -4.48. The zero-order chi connectivity index (χ0) is 20.6. The molecule has 2 aromatic rings. The Morgan fingerprint density at radius 3 is 2.50 bits per heavy atom. The topological polar surface area (TPSA) is 74.3 Å². The molecule has 3 rings (SSSR count). The van der Waals surface area contributed by atoms with Crippen molar-refractivity contribution >= 4 is 17.9 Å². The van der Waals surface area contributed by atoms with E-state index in [1.54, 1.807) is 6.07 Å². The van der Waals surface area contributed by atoms with E-state index in [2.05, 4.69) is 0 Å². The van der Waals surface area contributed by atoms with Crippen molar-refractivity contribution < 1.29 is 27.2 Å². The van der Waals surface area contributed by atoms with E-state index in [-0.39, 0.29) is 33.8 Å². The first-order chi connectivity index (χ1) is 13.1. The molecule has 0 N–H and O–H groups in total. The Morgan fingerprint density at radius 2 is 1.86 bits per heavy atom. The summed E-state index contributed by atoms with van der Waals surface area (Å²) in [5.74, 6) is -0.896. The summed E-state index contributed by atoms with van der Waals surface area (Å²) in [6.07, 6.45) is -3.12. The number of imide groups is 1. The van der Waals surface area contributed by atoms with Crippen molar-refractivity contribution in [2.24, 2.45) is 0 Å². The maximum Gasteiger partial charge on any atom is 0.416 e. The van der Waals surface area contributed by atoms with E-state index >= 15 is 0 Å². The van der Waals surface area contributed by atoms with E-state index in [1.807, 2.05) is 0 Å². The molecule has 0 atom stereocenters. The molecule has 1 aromatic carbocycles. The molecule has 1 aliphatic rings.